The number of hydrogen-bond donors (Lipinski definition) is 0. The second-order valence-electron chi connectivity index (χ2n) is 4.08. The van der Waals surface area contributed by atoms with Gasteiger partial charge in [0.25, 0.3) is 5.56 Å². The number of hydrogen-bond acceptors (Lipinski definition) is 4. The Balaban J connectivity index is 2.65. The first kappa shape index (κ1) is 14.5. The molecule has 0 unspecified atom stereocenters. The number of rotatable bonds is 3. The highest BCUT2D eigenvalue weighted by atomic mass is 79.9. The van der Waals surface area contributed by atoms with Crippen molar-refractivity contribution >= 4 is 21.9 Å². The van der Waals surface area contributed by atoms with E-state index >= 15 is 0 Å². The molecule has 1 aromatic heterocycles. The zero-order valence-corrected chi connectivity index (χ0v) is 12.7. The Morgan fingerprint density at radius 3 is 2.60 bits per heavy atom. The van der Waals surface area contributed by atoms with Crippen LogP contribution in [0.4, 0.5) is 0 Å². The highest BCUT2D eigenvalue weighted by Crippen LogP contribution is 2.23. The molecule has 0 radical (unpaired) electrons. The van der Waals surface area contributed by atoms with Gasteiger partial charge in [0.05, 0.1) is 18.5 Å². The minimum absolute atomic E-state index is 0.135. The molecule has 0 aliphatic heterocycles. The summed E-state index contributed by atoms with van der Waals surface area (Å²) in [5, 5.41) is 0. The van der Waals surface area contributed by atoms with Gasteiger partial charge in [-0.05, 0) is 19.1 Å². The normalized spacial score (nSPS) is 10.3. The minimum atomic E-state index is -0.541. The molecule has 20 heavy (non-hydrogen) atoms. The van der Waals surface area contributed by atoms with Crippen LogP contribution in [0.3, 0.4) is 0 Å². The molecular weight excluding hydrogens is 324 g/mol. The SMILES string of the molecule is CCOC(=O)c1ncc(=O)n(C)c1-c1ccc(Br)cc1. The molecule has 0 N–H and O–H groups in total. The van der Waals surface area contributed by atoms with Crippen molar-refractivity contribution < 1.29 is 9.53 Å². The lowest BCUT2D eigenvalue weighted by molar-refractivity contribution is 0.0519. The summed E-state index contributed by atoms with van der Waals surface area (Å²) in [6, 6.07) is 7.29. The van der Waals surface area contributed by atoms with Crippen molar-refractivity contribution in [1.82, 2.24) is 9.55 Å². The van der Waals surface area contributed by atoms with Crippen LogP contribution < -0.4 is 5.56 Å². The lowest BCUT2D eigenvalue weighted by atomic mass is 10.1. The van der Waals surface area contributed by atoms with E-state index in [2.05, 4.69) is 20.9 Å². The average molecular weight is 337 g/mol. The van der Waals surface area contributed by atoms with Gasteiger partial charge in [-0.3, -0.25) is 4.79 Å². The molecule has 0 bridgehead atoms. The lowest BCUT2D eigenvalue weighted by Crippen LogP contribution is -2.23. The number of carbonyl (C=O) groups excluding carboxylic acids is 1. The van der Waals surface area contributed by atoms with Gasteiger partial charge in [0, 0.05) is 17.1 Å². The third kappa shape index (κ3) is 2.80. The van der Waals surface area contributed by atoms with E-state index < -0.39 is 5.97 Å². The van der Waals surface area contributed by atoms with Crippen LogP contribution in [-0.2, 0) is 11.8 Å². The number of carbonyl (C=O) groups is 1. The maximum Gasteiger partial charge on any atom is 0.359 e. The van der Waals surface area contributed by atoms with E-state index in [-0.39, 0.29) is 17.9 Å². The van der Waals surface area contributed by atoms with Crippen molar-refractivity contribution in [3.8, 4) is 11.3 Å². The number of ether oxygens (including phenoxy) is 1. The van der Waals surface area contributed by atoms with Crippen LogP contribution in [0.25, 0.3) is 11.3 Å². The molecule has 0 saturated heterocycles. The molecule has 0 amide bonds. The number of nitrogens with zero attached hydrogens (tertiary/aromatic N) is 2. The number of halogens is 1. The fourth-order valence-corrected chi connectivity index (χ4v) is 2.09. The summed E-state index contributed by atoms with van der Waals surface area (Å²) in [6.45, 7) is 1.97. The van der Waals surface area contributed by atoms with E-state index in [0.717, 1.165) is 16.2 Å². The molecule has 2 aromatic rings. The largest absolute Gasteiger partial charge is 0.461 e. The van der Waals surface area contributed by atoms with Crippen LogP contribution in [-0.4, -0.2) is 22.1 Å². The van der Waals surface area contributed by atoms with Gasteiger partial charge in [-0.15, -0.1) is 0 Å². The zero-order valence-electron chi connectivity index (χ0n) is 11.1. The molecule has 0 aliphatic carbocycles. The quantitative estimate of drug-likeness (QED) is 0.807. The first-order valence-corrected chi connectivity index (χ1v) is 6.83. The first-order chi connectivity index (χ1) is 9.54. The third-order valence-electron chi connectivity index (χ3n) is 2.78. The standard InChI is InChI=1S/C14H13BrN2O3/c1-3-20-14(19)12-13(17(2)11(18)8-16-12)9-4-6-10(15)7-5-9/h4-8H,3H2,1-2H3. The second-order valence-corrected chi connectivity index (χ2v) is 5.00. The Labute approximate surface area is 124 Å². The first-order valence-electron chi connectivity index (χ1n) is 6.03. The van der Waals surface area contributed by atoms with Crippen molar-refractivity contribution in [2.45, 2.75) is 6.92 Å². The van der Waals surface area contributed by atoms with Crippen LogP contribution >= 0.6 is 15.9 Å². The highest BCUT2D eigenvalue weighted by Gasteiger charge is 2.19. The Morgan fingerprint density at radius 2 is 2.00 bits per heavy atom. The Bertz CT molecular complexity index is 693. The van der Waals surface area contributed by atoms with Gasteiger partial charge in [0.2, 0.25) is 0 Å². The molecular formula is C14H13BrN2O3. The van der Waals surface area contributed by atoms with Crippen LogP contribution in [0.15, 0.2) is 39.7 Å². The molecule has 0 atom stereocenters. The molecule has 2 rings (SSSR count). The van der Waals surface area contributed by atoms with E-state index in [4.69, 9.17) is 4.74 Å². The summed E-state index contributed by atoms with van der Waals surface area (Å²) in [7, 11) is 1.60. The van der Waals surface area contributed by atoms with Crippen LogP contribution in [0.2, 0.25) is 0 Å². The Morgan fingerprint density at radius 1 is 1.35 bits per heavy atom. The zero-order chi connectivity index (χ0) is 14.7. The van der Waals surface area contributed by atoms with E-state index in [1.807, 2.05) is 24.3 Å². The van der Waals surface area contributed by atoms with Crippen molar-refractivity contribution in [3.63, 3.8) is 0 Å². The lowest BCUT2D eigenvalue weighted by Gasteiger charge is -2.12. The van der Waals surface area contributed by atoms with Crippen LogP contribution in [0.5, 0.6) is 0 Å². The fourth-order valence-electron chi connectivity index (χ4n) is 1.82. The van der Waals surface area contributed by atoms with E-state index in [0.29, 0.717) is 5.69 Å². The molecule has 0 spiro atoms. The van der Waals surface area contributed by atoms with Crippen LogP contribution in [0.1, 0.15) is 17.4 Å². The van der Waals surface area contributed by atoms with Gasteiger partial charge in [-0.2, -0.15) is 0 Å². The summed E-state index contributed by atoms with van der Waals surface area (Å²) >= 11 is 3.35. The maximum atomic E-state index is 12.0. The van der Waals surface area contributed by atoms with E-state index in [1.165, 1.54) is 4.57 Å². The fraction of sp³-hybridized carbons (Fsp3) is 0.214. The summed E-state index contributed by atoms with van der Waals surface area (Å²) in [5.74, 6) is -0.541. The average Bonchev–Trinajstić information content (AvgIpc) is 2.43. The Hall–Kier alpha value is -1.95. The van der Waals surface area contributed by atoms with Crippen LogP contribution in [0, 0.1) is 0 Å². The van der Waals surface area contributed by atoms with Gasteiger partial charge in [0.15, 0.2) is 5.69 Å². The predicted molar refractivity (Wildman–Crippen MR) is 78.6 cm³/mol. The van der Waals surface area contributed by atoms with Crippen molar-refractivity contribution in [3.05, 3.63) is 51.0 Å². The summed E-state index contributed by atoms with van der Waals surface area (Å²) < 4.78 is 7.28. The molecule has 104 valence electrons. The van der Waals surface area contributed by atoms with Gasteiger partial charge in [-0.1, -0.05) is 28.1 Å². The smallest absolute Gasteiger partial charge is 0.359 e. The van der Waals surface area contributed by atoms with Crippen molar-refractivity contribution in [1.29, 1.82) is 0 Å². The molecule has 5 nitrogen and oxygen atoms in total. The molecule has 0 aliphatic rings. The summed E-state index contributed by atoms with van der Waals surface area (Å²) in [4.78, 5) is 27.6. The number of benzene rings is 1. The second kappa shape index (κ2) is 6.00. The minimum Gasteiger partial charge on any atom is -0.461 e. The van der Waals surface area contributed by atoms with Gasteiger partial charge in [0.1, 0.15) is 0 Å². The maximum absolute atomic E-state index is 12.0. The number of aromatic nitrogens is 2. The molecule has 0 fully saturated rings. The van der Waals surface area contributed by atoms with Crippen molar-refractivity contribution in [2.24, 2.45) is 7.05 Å². The topological polar surface area (TPSA) is 61.2 Å². The van der Waals surface area contributed by atoms with E-state index in [9.17, 15) is 9.59 Å². The molecule has 0 saturated carbocycles. The van der Waals surface area contributed by atoms with Crippen molar-refractivity contribution in [2.75, 3.05) is 6.61 Å². The van der Waals surface area contributed by atoms with Gasteiger partial charge in [-0.25, -0.2) is 9.78 Å². The van der Waals surface area contributed by atoms with E-state index in [1.54, 1.807) is 14.0 Å². The predicted octanol–water partition coefficient (Wildman–Crippen LogP) is 2.39. The molecule has 1 heterocycles. The number of esters is 1. The summed E-state index contributed by atoms with van der Waals surface area (Å²) in [5.41, 5.74) is 1.03. The monoisotopic (exact) mass is 336 g/mol. The Kier molecular flexibility index (Phi) is 4.34. The van der Waals surface area contributed by atoms with Gasteiger partial charge >= 0.3 is 5.97 Å². The summed E-state index contributed by atoms with van der Waals surface area (Å²) in [6.07, 6.45) is 1.12. The third-order valence-corrected chi connectivity index (χ3v) is 3.31. The molecule has 6 heteroatoms. The highest BCUT2D eigenvalue weighted by molar-refractivity contribution is 9.10. The molecule has 1 aromatic carbocycles. The van der Waals surface area contributed by atoms with Gasteiger partial charge < -0.3 is 9.30 Å².